The van der Waals surface area contributed by atoms with E-state index in [2.05, 4.69) is 27.6 Å². The summed E-state index contributed by atoms with van der Waals surface area (Å²) in [7, 11) is 1.85. The number of hydrogen-bond acceptors (Lipinski definition) is 6. The molecule has 3 atom stereocenters. The van der Waals surface area contributed by atoms with E-state index >= 15 is 0 Å². The van der Waals surface area contributed by atoms with E-state index in [1.54, 1.807) is 21.8 Å². The van der Waals surface area contributed by atoms with Gasteiger partial charge in [-0.2, -0.15) is 10.4 Å². The van der Waals surface area contributed by atoms with Crippen LogP contribution in [0.2, 0.25) is 0 Å². The molecule has 4 aromatic rings. The molecule has 1 amide bonds. The summed E-state index contributed by atoms with van der Waals surface area (Å²) in [6.45, 7) is 3.33. The largest absolute Gasteiger partial charge is 0.378 e. The topological polar surface area (TPSA) is 102 Å². The van der Waals surface area contributed by atoms with Crippen molar-refractivity contribution in [1.29, 1.82) is 5.26 Å². The van der Waals surface area contributed by atoms with Crippen molar-refractivity contribution in [2.45, 2.75) is 44.2 Å². The first-order valence-corrected chi connectivity index (χ1v) is 11.6. The zero-order valence-corrected chi connectivity index (χ0v) is 19.2. The predicted molar refractivity (Wildman–Crippen MR) is 126 cm³/mol. The number of rotatable bonds is 3. The standard InChI is InChI=1S/C25H25N7O2/c1-15-9-18(6-8-34-15)32-24-19-10-16(12-26)3-4-20(19)27-13-21(24)29-25(32)17-11-23(33)31(14-17)22-5-7-28-30(22)2/h3-5,7,10,13,15,17-18H,6,8-9,11,14H2,1-2H3/t15?,17?,18-/m1/s1. The lowest BCUT2D eigenvalue weighted by Crippen LogP contribution is -2.28. The van der Waals surface area contributed by atoms with E-state index in [9.17, 15) is 10.1 Å². The molecule has 5 heterocycles. The molecule has 6 rings (SSSR count). The lowest BCUT2D eigenvalue weighted by molar-refractivity contribution is -0.117. The summed E-state index contributed by atoms with van der Waals surface area (Å²) in [6, 6.07) is 9.89. The van der Waals surface area contributed by atoms with Crippen LogP contribution in [0, 0.1) is 11.3 Å². The molecule has 0 radical (unpaired) electrons. The van der Waals surface area contributed by atoms with Gasteiger partial charge in [-0.3, -0.25) is 19.4 Å². The number of nitrogens with zero attached hydrogens (tertiary/aromatic N) is 7. The Morgan fingerprint density at radius 3 is 2.88 bits per heavy atom. The third-order valence-corrected chi connectivity index (χ3v) is 7.06. The highest BCUT2D eigenvalue weighted by Gasteiger charge is 2.38. The number of nitriles is 1. The molecule has 0 spiro atoms. The van der Waals surface area contributed by atoms with Crippen LogP contribution in [0.5, 0.6) is 0 Å². The number of aromatic nitrogens is 5. The molecule has 2 saturated heterocycles. The van der Waals surface area contributed by atoms with E-state index in [1.807, 2.05) is 31.4 Å². The van der Waals surface area contributed by atoms with Crippen LogP contribution in [0.4, 0.5) is 5.82 Å². The van der Waals surface area contributed by atoms with Gasteiger partial charge in [-0.25, -0.2) is 4.98 Å². The maximum Gasteiger partial charge on any atom is 0.228 e. The van der Waals surface area contributed by atoms with Gasteiger partial charge in [0.2, 0.25) is 5.91 Å². The first-order chi connectivity index (χ1) is 16.5. The Labute approximate surface area is 196 Å². The van der Waals surface area contributed by atoms with E-state index in [4.69, 9.17) is 9.72 Å². The molecule has 172 valence electrons. The molecule has 0 bridgehead atoms. The van der Waals surface area contributed by atoms with Crippen LogP contribution in [0.25, 0.3) is 21.9 Å². The summed E-state index contributed by atoms with van der Waals surface area (Å²) in [5, 5.41) is 14.7. The Morgan fingerprint density at radius 1 is 1.24 bits per heavy atom. The Hall–Kier alpha value is -3.77. The number of benzene rings is 1. The van der Waals surface area contributed by atoms with Crippen molar-refractivity contribution in [3.8, 4) is 6.07 Å². The van der Waals surface area contributed by atoms with E-state index in [0.29, 0.717) is 25.1 Å². The molecule has 2 unspecified atom stereocenters. The minimum atomic E-state index is -0.0536. The zero-order chi connectivity index (χ0) is 23.4. The fourth-order valence-electron chi connectivity index (χ4n) is 5.46. The monoisotopic (exact) mass is 455 g/mol. The van der Waals surface area contributed by atoms with Crippen LogP contribution in [0.3, 0.4) is 0 Å². The average Bonchev–Trinajstić information content (AvgIpc) is 3.54. The number of fused-ring (bicyclic) bond motifs is 3. The van der Waals surface area contributed by atoms with E-state index in [1.165, 1.54) is 0 Å². The Morgan fingerprint density at radius 2 is 2.12 bits per heavy atom. The minimum absolute atomic E-state index is 0.0536. The van der Waals surface area contributed by atoms with Gasteiger partial charge in [0.05, 0.1) is 41.2 Å². The van der Waals surface area contributed by atoms with Gasteiger partial charge in [-0.15, -0.1) is 0 Å². The highest BCUT2D eigenvalue weighted by molar-refractivity contribution is 6.03. The first kappa shape index (κ1) is 20.8. The van der Waals surface area contributed by atoms with Gasteiger partial charge < -0.3 is 9.30 Å². The van der Waals surface area contributed by atoms with Crippen molar-refractivity contribution in [2.24, 2.45) is 7.05 Å². The molecule has 2 fully saturated rings. The zero-order valence-electron chi connectivity index (χ0n) is 19.2. The van der Waals surface area contributed by atoms with Gasteiger partial charge in [0.1, 0.15) is 17.2 Å². The molecule has 9 nitrogen and oxygen atoms in total. The number of carbonyl (C=O) groups is 1. The van der Waals surface area contributed by atoms with E-state index < -0.39 is 0 Å². The Bertz CT molecular complexity index is 1460. The normalized spacial score (nSPS) is 23.1. The van der Waals surface area contributed by atoms with Crippen molar-refractivity contribution in [3.63, 3.8) is 0 Å². The van der Waals surface area contributed by atoms with Gasteiger partial charge in [0.25, 0.3) is 0 Å². The maximum atomic E-state index is 13.0. The minimum Gasteiger partial charge on any atom is -0.378 e. The van der Waals surface area contributed by atoms with Crippen LogP contribution < -0.4 is 4.90 Å². The quantitative estimate of drug-likeness (QED) is 0.469. The van der Waals surface area contributed by atoms with E-state index in [0.717, 1.165) is 46.4 Å². The second-order valence-electron chi connectivity index (χ2n) is 9.25. The third-order valence-electron chi connectivity index (χ3n) is 7.06. The molecule has 0 saturated carbocycles. The SMILES string of the molecule is CC1C[C@H](n2c(C3CC(=O)N(c4ccnn4C)C3)nc3cnc4ccc(C#N)cc4c32)CCO1. The van der Waals surface area contributed by atoms with Crippen LogP contribution in [-0.2, 0) is 16.6 Å². The van der Waals surface area contributed by atoms with Crippen molar-refractivity contribution < 1.29 is 9.53 Å². The number of pyridine rings is 1. The Balaban J connectivity index is 1.53. The number of amides is 1. The predicted octanol–water partition coefficient (Wildman–Crippen LogP) is 3.45. The molecule has 0 N–H and O–H groups in total. The van der Waals surface area contributed by atoms with Crippen LogP contribution >= 0.6 is 0 Å². The summed E-state index contributed by atoms with van der Waals surface area (Å²) in [4.78, 5) is 24.5. The second kappa shape index (κ2) is 7.92. The second-order valence-corrected chi connectivity index (χ2v) is 9.25. The van der Waals surface area contributed by atoms with Gasteiger partial charge in [-0.05, 0) is 38.0 Å². The van der Waals surface area contributed by atoms with Gasteiger partial charge in [0.15, 0.2) is 0 Å². The fourth-order valence-corrected chi connectivity index (χ4v) is 5.46. The molecule has 1 aromatic carbocycles. The molecule has 0 aliphatic carbocycles. The summed E-state index contributed by atoms with van der Waals surface area (Å²) in [6.07, 6.45) is 5.79. The first-order valence-electron chi connectivity index (χ1n) is 11.6. The summed E-state index contributed by atoms with van der Waals surface area (Å²) < 4.78 is 9.89. The highest BCUT2D eigenvalue weighted by atomic mass is 16.5. The lowest BCUT2D eigenvalue weighted by Gasteiger charge is -2.31. The summed E-state index contributed by atoms with van der Waals surface area (Å²) in [5.41, 5.74) is 3.21. The van der Waals surface area contributed by atoms with Crippen LogP contribution in [-0.4, -0.2) is 49.5 Å². The smallest absolute Gasteiger partial charge is 0.228 e. The molecule has 9 heteroatoms. The summed E-state index contributed by atoms with van der Waals surface area (Å²) >= 11 is 0. The average molecular weight is 456 g/mol. The van der Waals surface area contributed by atoms with Crippen molar-refractivity contribution in [3.05, 3.63) is 48.0 Å². The number of imidazole rings is 1. The van der Waals surface area contributed by atoms with Crippen molar-refractivity contribution >= 4 is 33.7 Å². The molecular weight excluding hydrogens is 430 g/mol. The van der Waals surface area contributed by atoms with Crippen LogP contribution in [0.15, 0.2) is 36.7 Å². The van der Waals surface area contributed by atoms with Gasteiger partial charge in [-0.1, -0.05) is 0 Å². The summed E-state index contributed by atoms with van der Waals surface area (Å²) in [5.74, 6) is 1.72. The highest BCUT2D eigenvalue weighted by Crippen LogP contribution is 2.39. The number of aryl methyl sites for hydroxylation is 1. The molecule has 34 heavy (non-hydrogen) atoms. The van der Waals surface area contributed by atoms with Crippen molar-refractivity contribution in [2.75, 3.05) is 18.1 Å². The van der Waals surface area contributed by atoms with Gasteiger partial charge in [0, 0.05) is 50.0 Å². The van der Waals surface area contributed by atoms with E-state index in [-0.39, 0.29) is 24.0 Å². The number of hydrogen-bond donors (Lipinski definition) is 0. The van der Waals surface area contributed by atoms with Gasteiger partial charge >= 0.3 is 0 Å². The lowest BCUT2D eigenvalue weighted by atomic mass is 10.0. The molecule has 2 aliphatic heterocycles. The maximum absolute atomic E-state index is 13.0. The number of carbonyl (C=O) groups excluding carboxylic acids is 1. The fraction of sp³-hybridized carbons (Fsp3) is 0.400. The van der Waals surface area contributed by atoms with Crippen LogP contribution in [0.1, 0.15) is 49.5 Å². The third kappa shape index (κ3) is 3.25. The Kier molecular flexibility index (Phi) is 4.85. The number of ether oxygens (including phenoxy) is 1. The molecule has 2 aliphatic rings. The molecule has 3 aromatic heterocycles. The number of anilines is 1. The molecular formula is C25H25N7O2. The van der Waals surface area contributed by atoms with Crippen molar-refractivity contribution in [1.82, 2.24) is 24.3 Å².